The molecular formula is C20H28IN3O. The second-order valence-electron chi connectivity index (χ2n) is 5.52. The van der Waals surface area contributed by atoms with Crippen LogP contribution in [0.3, 0.4) is 0 Å². The number of ether oxygens (including phenoxy) is 1. The molecule has 2 aromatic rings. The van der Waals surface area contributed by atoms with Crippen molar-refractivity contribution in [2.24, 2.45) is 4.99 Å². The third-order valence-electron chi connectivity index (χ3n) is 3.76. The Bertz CT molecular complexity index is 605. The maximum absolute atomic E-state index is 5.58. The van der Waals surface area contributed by atoms with E-state index in [9.17, 15) is 0 Å². The second kappa shape index (κ2) is 12.7. The van der Waals surface area contributed by atoms with Gasteiger partial charge in [0.15, 0.2) is 5.96 Å². The molecule has 0 aliphatic heterocycles. The molecule has 0 heterocycles. The molecule has 25 heavy (non-hydrogen) atoms. The number of nitrogens with zero attached hydrogens (tertiary/aromatic N) is 1. The highest BCUT2D eigenvalue weighted by molar-refractivity contribution is 14.0. The summed E-state index contributed by atoms with van der Waals surface area (Å²) in [5.41, 5.74) is 2.46. The summed E-state index contributed by atoms with van der Waals surface area (Å²) in [6, 6.07) is 20.6. The van der Waals surface area contributed by atoms with Crippen LogP contribution in [0, 0.1) is 0 Å². The van der Waals surface area contributed by atoms with Crippen LogP contribution in [0.25, 0.3) is 0 Å². The minimum absolute atomic E-state index is 0. The van der Waals surface area contributed by atoms with E-state index in [4.69, 9.17) is 4.74 Å². The molecule has 1 atom stereocenters. The standard InChI is InChI=1S/C20H27N3O.HI/c1-3-21-20(22-15-14-17-10-6-4-7-11-17)23-16-19(24-2)18-12-8-5-9-13-18;/h4-13,19H,3,14-16H2,1-2H3,(H2,21,22,23);1H. The summed E-state index contributed by atoms with van der Waals surface area (Å²) in [7, 11) is 1.73. The van der Waals surface area contributed by atoms with Crippen molar-refractivity contribution in [3.63, 3.8) is 0 Å². The zero-order valence-electron chi connectivity index (χ0n) is 14.9. The third-order valence-corrected chi connectivity index (χ3v) is 3.76. The molecule has 4 nitrogen and oxygen atoms in total. The van der Waals surface area contributed by atoms with E-state index in [2.05, 4.69) is 58.9 Å². The van der Waals surface area contributed by atoms with E-state index >= 15 is 0 Å². The Kier molecular flexibility index (Phi) is 10.9. The van der Waals surface area contributed by atoms with E-state index in [0.29, 0.717) is 6.54 Å². The van der Waals surface area contributed by atoms with Gasteiger partial charge < -0.3 is 15.4 Å². The first-order valence-electron chi connectivity index (χ1n) is 8.47. The number of benzene rings is 2. The molecule has 0 aromatic heterocycles. The highest BCUT2D eigenvalue weighted by Crippen LogP contribution is 2.16. The summed E-state index contributed by atoms with van der Waals surface area (Å²) < 4.78 is 5.58. The van der Waals surface area contributed by atoms with E-state index in [-0.39, 0.29) is 30.1 Å². The number of guanidine groups is 1. The lowest BCUT2D eigenvalue weighted by Gasteiger charge is -2.16. The number of rotatable bonds is 8. The SMILES string of the molecule is CCNC(=NCC(OC)c1ccccc1)NCCc1ccccc1.I. The second-order valence-corrected chi connectivity index (χ2v) is 5.52. The first-order chi connectivity index (χ1) is 11.8. The first kappa shape index (κ1) is 21.4. The van der Waals surface area contributed by atoms with Crippen molar-refractivity contribution < 1.29 is 4.74 Å². The van der Waals surface area contributed by atoms with Gasteiger partial charge in [-0.2, -0.15) is 0 Å². The summed E-state index contributed by atoms with van der Waals surface area (Å²) in [5, 5.41) is 6.67. The van der Waals surface area contributed by atoms with Crippen molar-refractivity contribution in [2.75, 3.05) is 26.7 Å². The van der Waals surface area contributed by atoms with Gasteiger partial charge in [0.2, 0.25) is 0 Å². The molecule has 0 aliphatic rings. The molecule has 0 saturated carbocycles. The van der Waals surface area contributed by atoms with Gasteiger partial charge in [-0.1, -0.05) is 60.7 Å². The third kappa shape index (κ3) is 7.88. The molecule has 0 radical (unpaired) electrons. The lowest BCUT2D eigenvalue weighted by atomic mass is 10.1. The van der Waals surface area contributed by atoms with Crippen molar-refractivity contribution in [3.8, 4) is 0 Å². The van der Waals surface area contributed by atoms with Gasteiger partial charge in [0, 0.05) is 20.2 Å². The van der Waals surface area contributed by atoms with Gasteiger partial charge in [-0.3, -0.25) is 4.99 Å². The van der Waals surface area contributed by atoms with Crippen molar-refractivity contribution >= 4 is 29.9 Å². The Morgan fingerprint density at radius 2 is 1.64 bits per heavy atom. The fraction of sp³-hybridized carbons (Fsp3) is 0.350. The Hall–Kier alpha value is -1.60. The van der Waals surface area contributed by atoms with E-state index in [1.165, 1.54) is 5.56 Å². The number of hydrogen-bond donors (Lipinski definition) is 2. The molecule has 136 valence electrons. The monoisotopic (exact) mass is 453 g/mol. The predicted molar refractivity (Wildman–Crippen MR) is 116 cm³/mol. The van der Waals surface area contributed by atoms with Crippen LogP contribution in [0.1, 0.15) is 24.2 Å². The molecule has 0 bridgehead atoms. The predicted octanol–water partition coefficient (Wildman–Crippen LogP) is 3.79. The summed E-state index contributed by atoms with van der Waals surface area (Å²) in [6.07, 6.45) is 0.938. The minimum atomic E-state index is -0.0317. The zero-order chi connectivity index (χ0) is 17.0. The lowest BCUT2D eigenvalue weighted by molar-refractivity contribution is 0.111. The smallest absolute Gasteiger partial charge is 0.191 e. The fourth-order valence-electron chi connectivity index (χ4n) is 2.47. The molecular weight excluding hydrogens is 425 g/mol. The summed E-state index contributed by atoms with van der Waals surface area (Å²) in [6.45, 7) is 4.33. The molecule has 2 N–H and O–H groups in total. The number of nitrogens with one attached hydrogen (secondary N) is 2. The Morgan fingerprint density at radius 1 is 1.00 bits per heavy atom. The maximum Gasteiger partial charge on any atom is 0.191 e. The van der Waals surface area contributed by atoms with E-state index in [1.807, 2.05) is 24.3 Å². The summed E-state index contributed by atoms with van der Waals surface area (Å²) in [4.78, 5) is 4.66. The number of aliphatic imine (C=N–C) groups is 1. The average molecular weight is 453 g/mol. The zero-order valence-corrected chi connectivity index (χ0v) is 17.3. The van der Waals surface area contributed by atoms with Crippen molar-refractivity contribution in [1.82, 2.24) is 10.6 Å². The van der Waals surface area contributed by atoms with Crippen LogP contribution in [-0.4, -0.2) is 32.7 Å². The van der Waals surface area contributed by atoms with Crippen LogP contribution in [0.15, 0.2) is 65.7 Å². The topological polar surface area (TPSA) is 45.7 Å². The Labute approximate surface area is 168 Å². The Balaban J connectivity index is 0.00000312. The fourth-order valence-corrected chi connectivity index (χ4v) is 2.47. The van der Waals surface area contributed by atoms with Gasteiger partial charge in [0.05, 0.1) is 6.54 Å². The molecule has 2 rings (SSSR count). The average Bonchev–Trinajstić information content (AvgIpc) is 2.64. The molecule has 0 spiro atoms. The molecule has 0 saturated heterocycles. The number of hydrogen-bond acceptors (Lipinski definition) is 2. The summed E-state index contributed by atoms with van der Waals surface area (Å²) in [5.74, 6) is 0.825. The van der Waals surface area contributed by atoms with Crippen molar-refractivity contribution in [1.29, 1.82) is 0 Å². The minimum Gasteiger partial charge on any atom is -0.375 e. The molecule has 0 amide bonds. The van der Waals surface area contributed by atoms with Crippen molar-refractivity contribution in [2.45, 2.75) is 19.4 Å². The van der Waals surface area contributed by atoms with E-state index in [1.54, 1.807) is 7.11 Å². The van der Waals surface area contributed by atoms with Crippen LogP contribution in [0.4, 0.5) is 0 Å². The van der Waals surface area contributed by atoms with E-state index < -0.39 is 0 Å². The van der Waals surface area contributed by atoms with Gasteiger partial charge in [-0.15, -0.1) is 24.0 Å². The molecule has 0 fully saturated rings. The largest absolute Gasteiger partial charge is 0.375 e. The number of methoxy groups -OCH3 is 1. The van der Waals surface area contributed by atoms with Gasteiger partial charge in [-0.25, -0.2) is 0 Å². The molecule has 0 aliphatic carbocycles. The lowest BCUT2D eigenvalue weighted by Crippen LogP contribution is -2.38. The maximum atomic E-state index is 5.58. The highest BCUT2D eigenvalue weighted by atomic mass is 127. The molecule has 5 heteroatoms. The molecule has 1 unspecified atom stereocenters. The van der Waals surface area contributed by atoms with Crippen LogP contribution in [-0.2, 0) is 11.2 Å². The van der Waals surface area contributed by atoms with Gasteiger partial charge in [0.25, 0.3) is 0 Å². The van der Waals surface area contributed by atoms with Crippen molar-refractivity contribution in [3.05, 3.63) is 71.8 Å². The van der Waals surface area contributed by atoms with Gasteiger partial charge in [-0.05, 0) is 24.5 Å². The molecule has 2 aromatic carbocycles. The number of halogens is 1. The van der Waals surface area contributed by atoms with Gasteiger partial charge in [0.1, 0.15) is 6.10 Å². The van der Waals surface area contributed by atoms with E-state index in [0.717, 1.165) is 31.0 Å². The highest BCUT2D eigenvalue weighted by Gasteiger charge is 2.09. The van der Waals surface area contributed by atoms with Crippen LogP contribution in [0.2, 0.25) is 0 Å². The van der Waals surface area contributed by atoms with Crippen LogP contribution in [0.5, 0.6) is 0 Å². The Morgan fingerprint density at radius 3 is 2.24 bits per heavy atom. The van der Waals surface area contributed by atoms with Gasteiger partial charge >= 0.3 is 0 Å². The normalized spacial score (nSPS) is 12.2. The first-order valence-corrected chi connectivity index (χ1v) is 8.47. The summed E-state index contributed by atoms with van der Waals surface area (Å²) >= 11 is 0. The van der Waals surface area contributed by atoms with Crippen LogP contribution < -0.4 is 10.6 Å². The van der Waals surface area contributed by atoms with Crippen LogP contribution >= 0.6 is 24.0 Å². The quantitative estimate of drug-likeness (QED) is 0.363.